The Kier molecular flexibility index (Phi) is 5.59. The number of ether oxygens (including phenoxy) is 1. The molecule has 0 aliphatic rings. The first-order valence-electron chi connectivity index (χ1n) is 4.42. The monoisotopic (exact) mass is 184 g/mol. The highest BCUT2D eigenvalue weighted by molar-refractivity contribution is 5.88. The average Bonchev–Trinajstić information content (AvgIpc) is 2.55. The maximum atomic E-state index is 11.0. The molecule has 0 saturated heterocycles. The molecular formula is C9H16N2O2. The van der Waals surface area contributed by atoms with E-state index in [-0.39, 0.29) is 5.97 Å². The Labute approximate surface area is 78.3 Å². The second-order valence-corrected chi connectivity index (χ2v) is 2.10. The van der Waals surface area contributed by atoms with Gasteiger partial charge in [-0.15, -0.1) is 0 Å². The number of nitrogens with one attached hydrogen (secondary N) is 1. The van der Waals surface area contributed by atoms with Gasteiger partial charge >= 0.3 is 5.97 Å². The van der Waals surface area contributed by atoms with E-state index in [1.54, 1.807) is 13.8 Å². The van der Waals surface area contributed by atoms with Crippen molar-refractivity contribution in [2.45, 2.75) is 27.7 Å². The van der Waals surface area contributed by atoms with Crippen LogP contribution in [0.3, 0.4) is 0 Å². The van der Waals surface area contributed by atoms with Gasteiger partial charge in [0.1, 0.15) is 0 Å². The van der Waals surface area contributed by atoms with Crippen LogP contribution in [0.4, 0.5) is 0 Å². The van der Waals surface area contributed by atoms with Crippen LogP contribution in [0.25, 0.3) is 0 Å². The number of rotatable bonds is 2. The lowest BCUT2D eigenvalue weighted by molar-refractivity contribution is 0.0519. The largest absolute Gasteiger partial charge is 0.461 e. The molecule has 4 heteroatoms. The summed E-state index contributed by atoms with van der Waals surface area (Å²) in [6.45, 7) is 7.92. The molecule has 0 atom stereocenters. The first kappa shape index (κ1) is 11.7. The van der Waals surface area contributed by atoms with E-state index in [0.717, 1.165) is 5.69 Å². The quantitative estimate of drug-likeness (QED) is 0.714. The normalized spacial score (nSPS) is 8.62. The van der Waals surface area contributed by atoms with Gasteiger partial charge in [0, 0.05) is 5.69 Å². The molecule has 1 N–H and O–H groups in total. The summed E-state index contributed by atoms with van der Waals surface area (Å²) in [4.78, 5) is 17.6. The highest BCUT2D eigenvalue weighted by Gasteiger charge is 2.11. The van der Waals surface area contributed by atoms with Gasteiger partial charge in [-0.05, 0) is 13.8 Å². The molecule has 0 unspecified atom stereocenters. The Morgan fingerprint density at radius 3 is 2.62 bits per heavy atom. The molecule has 4 nitrogen and oxygen atoms in total. The predicted octanol–water partition coefficient (Wildman–Crippen LogP) is 1.92. The first-order valence-corrected chi connectivity index (χ1v) is 4.42. The molecule has 13 heavy (non-hydrogen) atoms. The van der Waals surface area contributed by atoms with Gasteiger partial charge in [0.25, 0.3) is 0 Å². The van der Waals surface area contributed by atoms with E-state index in [2.05, 4.69) is 9.97 Å². The van der Waals surface area contributed by atoms with E-state index in [0.29, 0.717) is 12.3 Å². The second kappa shape index (κ2) is 6.22. The number of aryl methyl sites for hydroxylation is 1. The van der Waals surface area contributed by atoms with Crippen LogP contribution in [-0.4, -0.2) is 22.5 Å². The van der Waals surface area contributed by atoms with Crippen molar-refractivity contribution in [2.24, 2.45) is 0 Å². The van der Waals surface area contributed by atoms with Crippen LogP contribution in [-0.2, 0) is 4.74 Å². The fraction of sp³-hybridized carbons (Fsp3) is 0.556. The summed E-state index contributed by atoms with van der Waals surface area (Å²) in [6.07, 6.45) is 1.47. The Balaban J connectivity index is 0.000000671. The van der Waals surface area contributed by atoms with Gasteiger partial charge in [-0.2, -0.15) is 0 Å². The fourth-order valence-corrected chi connectivity index (χ4v) is 0.764. The number of carbonyl (C=O) groups excluding carboxylic acids is 1. The lowest BCUT2D eigenvalue weighted by Gasteiger charge is -1.97. The molecule has 0 aliphatic heterocycles. The van der Waals surface area contributed by atoms with Crippen molar-refractivity contribution in [1.82, 2.24) is 9.97 Å². The van der Waals surface area contributed by atoms with Gasteiger partial charge < -0.3 is 9.72 Å². The third-order valence-electron chi connectivity index (χ3n) is 1.30. The van der Waals surface area contributed by atoms with E-state index >= 15 is 0 Å². The number of hydrogen-bond acceptors (Lipinski definition) is 3. The standard InChI is InChI=1S/C7H10N2O2.C2H6/c1-3-11-7(10)6-5(2)8-4-9-6;1-2/h4H,3H2,1-2H3,(H,8,9);1-2H3. The topological polar surface area (TPSA) is 55.0 Å². The molecule has 0 aromatic carbocycles. The number of carbonyl (C=O) groups is 1. The number of esters is 1. The summed E-state index contributed by atoms with van der Waals surface area (Å²) in [5, 5.41) is 0. The average molecular weight is 184 g/mol. The maximum absolute atomic E-state index is 11.0. The SMILES string of the molecule is CC.CCOC(=O)c1nc[nH]c1C. The van der Waals surface area contributed by atoms with E-state index < -0.39 is 0 Å². The third-order valence-corrected chi connectivity index (χ3v) is 1.30. The smallest absolute Gasteiger partial charge is 0.358 e. The van der Waals surface area contributed by atoms with Crippen molar-refractivity contribution in [2.75, 3.05) is 6.61 Å². The molecule has 0 bridgehead atoms. The molecule has 0 amide bonds. The van der Waals surface area contributed by atoms with Crippen molar-refractivity contribution in [3.63, 3.8) is 0 Å². The lowest BCUT2D eigenvalue weighted by atomic mass is 10.3. The Hall–Kier alpha value is -1.32. The Morgan fingerprint density at radius 1 is 1.62 bits per heavy atom. The molecule has 74 valence electrons. The number of hydrogen-bond donors (Lipinski definition) is 1. The minimum absolute atomic E-state index is 0.367. The molecule has 1 rings (SSSR count). The third kappa shape index (κ3) is 3.27. The maximum Gasteiger partial charge on any atom is 0.358 e. The zero-order valence-corrected chi connectivity index (χ0v) is 8.55. The molecule has 1 aromatic rings. The number of aromatic amines is 1. The summed E-state index contributed by atoms with van der Waals surface area (Å²) < 4.78 is 4.75. The summed E-state index contributed by atoms with van der Waals surface area (Å²) in [5.41, 5.74) is 1.11. The van der Waals surface area contributed by atoms with Crippen molar-refractivity contribution in [1.29, 1.82) is 0 Å². The van der Waals surface area contributed by atoms with Crippen LogP contribution >= 0.6 is 0 Å². The van der Waals surface area contributed by atoms with Crippen LogP contribution in [0.15, 0.2) is 6.33 Å². The molecular weight excluding hydrogens is 168 g/mol. The summed E-state index contributed by atoms with van der Waals surface area (Å²) in [7, 11) is 0. The van der Waals surface area contributed by atoms with E-state index in [9.17, 15) is 4.79 Å². The van der Waals surface area contributed by atoms with Crippen LogP contribution in [0, 0.1) is 6.92 Å². The lowest BCUT2D eigenvalue weighted by Crippen LogP contribution is -2.06. The van der Waals surface area contributed by atoms with Crippen LogP contribution in [0.5, 0.6) is 0 Å². The van der Waals surface area contributed by atoms with Gasteiger partial charge in [-0.25, -0.2) is 9.78 Å². The minimum atomic E-state index is -0.369. The summed E-state index contributed by atoms with van der Waals surface area (Å²) in [5.74, 6) is -0.369. The Morgan fingerprint density at radius 2 is 2.23 bits per heavy atom. The van der Waals surface area contributed by atoms with Gasteiger partial charge in [-0.3, -0.25) is 0 Å². The second-order valence-electron chi connectivity index (χ2n) is 2.10. The van der Waals surface area contributed by atoms with E-state index in [1.807, 2.05) is 13.8 Å². The summed E-state index contributed by atoms with van der Waals surface area (Å²) in [6, 6.07) is 0. The van der Waals surface area contributed by atoms with Crippen LogP contribution in [0.1, 0.15) is 37.0 Å². The molecule has 0 spiro atoms. The van der Waals surface area contributed by atoms with Crippen LogP contribution in [0.2, 0.25) is 0 Å². The van der Waals surface area contributed by atoms with Gasteiger partial charge in [0.2, 0.25) is 0 Å². The molecule has 0 radical (unpaired) electrons. The molecule has 0 saturated carbocycles. The number of imidazole rings is 1. The molecule has 0 aliphatic carbocycles. The van der Waals surface area contributed by atoms with Crippen molar-refractivity contribution < 1.29 is 9.53 Å². The predicted molar refractivity (Wildman–Crippen MR) is 50.6 cm³/mol. The van der Waals surface area contributed by atoms with E-state index in [4.69, 9.17) is 4.74 Å². The number of aromatic nitrogens is 2. The summed E-state index contributed by atoms with van der Waals surface area (Å²) >= 11 is 0. The Bertz CT molecular complexity index is 256. The van der Waals surface area contributed by atoms with Gasteiger partial charge in [0.15, 0.2) is 5.69 Å². The van der Waals surface area contributed by atoms with Crippen molar-refractivity contribution >= 4 is 5.97 Å². The molecule has 0 fully saturated rings. The molecule has 1 heterocycles. The number of H-pyrrole nitrogens is 1. The van der Waals surface area contributed by atoms with Crippen molar-refractivity contribution in [3.8, 4) is 0 Å². The first-order chi connectivity index (χ1) is 6.25. The van der Waals surface area contributed by atoms with Gasteiger partial charge in [-0.1, -0.05) is 13.8 Å². The highest BCUT2D eigenvalue weighted by Crippen LogP contribution is 2.01. The zero-order chi connectivity index (χ0) is 10.3. The number of nitrogens with zero attached hydrogens (tertiary/aromatic N) is 1. The van der Waals surface area contributed by atoms with Gasteiger partial charge in [0.05, 0.1) is 12.9 Å². The fourth-order valence-electron chi connectivity index (χ4n) is 0.764. The van der Waals surface area contributed by atoms with Crippen molar-refractivity contribution in [3.05, 3.63) is 17.7 Å². The van der Waals surface area contributed by atoms with E-state index in [1.165, 1.54) is 6.33 Å². The zero-order valence-electron chi connectivity index (χ0n) is 8.55. The molecule has 1 aromatic heterocycles. The minimum Gasteiger partial charge on any atom is -0.461 e. The van der Waals surface area contributed by atoms with Crippen LogP contribution < -0.4 is 0 Å². The highest BCUT2D eigenvalue weighted by atomic mass is 16.5.